The van der Waals surface area contributed by atoms with Crippen molar-refractivity contribution < 1.29 is 5.11 Å². The molecule has 0 aliphatic carbocycles. The fraction of sp³-hybridized carbons (Fsp3) is 0.357. The van der Waals surface area contributed by atoms with Crippen LogP contribution in [0.1, 0.15) is 61.0 Å². The number of hydrogen-bond acceptors (Lipinski definition) is 5. The molecule has 4 aromatic rings. The second-order valence-corrected chi connectivity index (χ2v) is 10.6. The second-order valence-electron chi connectivity index (χ2n) is 9.26. The molecule has 0 fully saturated rings. The molecule has 0 amide bonds. The number of fused-ring (bicyclic) bond motifs is 3. The summed E-state index contributed by atoms with van der Waals surface area (Å²) in [4.78, 5) is 22.0. The number of rotatable bonds is 9. The molecule has 1 atom stereocenters. The lowest BCUT2D eigenvalue weighted by molar-refractivity contribution is 0.404. The van der Waals surface area contributed by atoms with Crippen LogP contribution in [-0.2, 0) is 18.7 Å². The van der Waals surface area contributed by atoms with Gasteiger partial charge in [0.1, 0.15) is 5.56 Å². The smallest absolute Gasteiger partial charge is 0.263 e. The first-order valence-corrected chi connectivity index (χ1v) is 14.0. The lowest BCUT2D eigenvalue weighted by Crippen LogP contribution is -2.37. The summed E-state index contributed by atoms with van der Waals surface area (Å²) < 4.78 is 1.75. The van der Waals surface area contributed by atoms with Gasteiger partial charge in [0, 0.05) is 40.5 Å². The number of unbranched alkanes of at least 4 members (excludes halogenated alkanes) is 3. The van der Waals surface area contributed by atoms with Crippen molar-refractivity contribution in [3.05, 3.63) is 86.3 Å². The maximum Gasteiger partial charge on any atom is 0.263 e. The minimum atomic E-state index is -0.432. The second kappa shape index (κ2) is 11.1. The van der Waals surface area contributed by atoms with Gasteiger partial charge in [0.05, 0.1) is 6.04 Å². The number of halogens is 1. The van der Waals surface area contributed by atoms with Crippen LogP contribution in [0.3, 0.4) is 0 Å². The van der Waals surface area contributed by atoms with Gasteiger partial charge >= 0.3 is 0 Å². The van der Waals surface area contributed by atoms with Crippen molar-refractivity contribution in [3.8, 4) is 5.88 Å². The summed E-state index contributed by atoms with van der Waals surface area (Å²) in [6.07, 6.45) is 5.06. The maximum absolute atomic E-state index is 13.9. The zero-order valence-electron chi connectivity index (χ0n) is 20.4. The molecule has 0 saturated carbocycles. The van der Waals surface area contributed by atoms with Crippen molar-refractivity contribution >= 4 is 34.3 Å². The van der Waals surface area contributed by atoms with Crippen molar-refractivity contribution in [1.82, 2.24) is 19.9 Å². The number of thioether (sulfide) groups is 1. The van der Waals surface area contributed by atoms with Gasteiger partial charge in [0.25, 0.3) is 5.56 Å². The molecular weight excluding hydrogens is 492 g/mol. The summed E-state index contributed by atoms with van der Waals surface area (Å²) in [5.41, 5.74) is 4.39. The Balaban J connectivity index is 1.52. The number of benzene rings is 2. The summed E-state index contributed by atoms with van der Waals surface area (Å²) in [7, 11) is 0. The predicted octanol–water partition coefficient (Wildman–Crippen LogP) is 6.19. The van der Waals surface area contributed by atoms with E-state index in [4.69, 9.17) is 11.6 Å². The molecule has 5 rings (SSSR count). The minimum Gasteiger partial charge on any atom is -0.493 e. The Kier molecular flexibility index (Phi) is 7.70. The molecule has 3 N–H and O–H groups in total. The Morgan fingerprint density at radius 1 is 1.14 bits per heavy atom. The minimum absolute atomic E-state index is 0.179. The quantitative estimate of drug-likeness (QED) is 0.139. The number of aromatic hydroxyl groups is 1. The van der Waals surface area contributed by atoms with Crippen molar-refractivity contribution in [2.24, 2.45) is 0 Å². The third kappa shape index (κ3) is 5.05. The molecule has 3 heterocycles. The molecule has 1 aliphatic heterocycles. The van der Waals surface area contributed by atoms with Crippen LogP contribution in [0, 0.1) is 0 Å². The van der Waals surface area contributed by atoms with Gasteiger partial charge in [-0.05, 0) is 42.2 Å². The Morgan fingerprint density at radius 3 is 2.75 bits per heavy atom. The summed E-state index contributed by atoms with van der Waals surface area (Å²) in [5.74, 6) is 0.429. The van der Waals surface area contributed by atoms with Crippen LogP contribution in [0.25, 0.3) is 10.9 Å². The summed E-state index contributed by atoms with van der Waals surface area (Å²) in [6, 6.07) is 15.4. The SMILES string of the molecule is CCCCCCn1c(SCc2ccc(Cl)cc2)nc(O)c(C2NCCc3c2[nH]c2ccccc32)c1=O. The summed E-state index contributed by atoms with van der Waals surface area (Å²) >= 11 is 7.49. The van der Waals surface area contributed by atoms with E-state index in [0.29, 0.717) is 28.0 Å². The van der Waals surface area contributed by atoms with Crippen LogP contribution in [0.4, 0.5) is 0 Å². The van der Waals surface area contributed by atoms with Crippen LogP contribution >= 0.6 is 23.4 Å². The predicted molar refractivity (Wildman–Crippen MR) is 147 cm³/mol. The van der Waals surface area contributed by atoms with E-state index in [1.54, 1.807) is 4.57 Å². The van der Waals surface area contributed by atoms with Crippen molar-refractivity contribution in [3.63, 3.8) is 0 Å². The Hall–Kier alpha value is -2.74. The molecule has 188 valence electrons. The van der Waals surface area contributed by atoms with E-state index in [2.05, 4.69) is 28.3 Å². The van der Waals surface area contributed by atoms with E-state index >= 15 is 0 Å². The molecule has 6 nitrogen and oxygen atoms in total. The standard InChI is InChI=1S/C28H31ClN4O2S/c1-2-3-4-7-16-33-27(35)23(26(34)32-28(33)36-17-18-10-12-19(29)13-11-18)25-24-21(14-15-30-25)20-8-5-6-9-22(20)31-24/h5-6,8-13,25,30-31,34H,2-4,7,14-17H2,1H3. The van der Waals surface area contributed by atoms with E-state index in [1.165, 1.54) is 22.7 Å². The van der Waals surface area contributed by atoms with Crippen molar-refractivity contribution in [2.75, 3.05) is 6.54 Å². The van der Waals surface area contributed by atoms with Gasteiger partial charge < -0.3 is 15.4 Å². The van der Waals surface area contributed by atoms with E-state index < -0.39 is 6.04 Å². The first-order chi connectivity index (χ1) is 17.6. The highest BCUT2D eigenvalue weighted by Gasteiger charge is 2.31. The van der Waals surface area contributed by atoms with E-state index in [-0.39, 0.29) is 11.4 Å². The third-order valence-electron chi connectivity index (χ3n) is 6.81. The molecule has 0 spiro atoms. The zero-order chi connectivity index (χ0) is 25.1. The number of nitrogens with zero attached hydrogens (tertiary/aromatic N) is 2. The van der Waals surface area contributed by atoms with E-state index in [9.17, 15) is 9.90 Å². The Labute approximate surface area is 220 Å². The molecule has 1 aliphatic rings. The fourth-order valence-corrected chi connectivity index (χ4v) is 6.05. The van der Waals surface area contributed by atoms with E-state index in [1.807, 2.05) is 42.5 Å². The van der Waals surface area contributed by atoms with E-state index in [0.717, 1.165) is 55.4 Å². The number of nitrogens with one attached hydrogen (secondary N) is 2. The Bertz CT molecular complexity index is 1410. The zero-order valence-corrected chi connectivity index (χ0v) is 22.0. The van der Waals surface area contributed by atoms with Gasteiger partial charge in [-0.3, -0.25) is 9.36 Å². The third-order valence-corrected chi connectivity index (χ3v) is 8.11. The normalized spacial score (nSPS) is 15.3. The highest BCUT2D eigenvalue weighted by atomic mass is 35.5. The number of H-pyrrole nitrogens is 1. The highest BCUT2D eigenvalue weighted by molar-refractivity contribution is 7.98. The topological polar surface area (TPSA) is 82.9 Å². The summed E-state index contributed by atoms with van der Waals surface area (Å²) in [5, 5.41) is 16.9. The molecule has 0 saturated heterocycles. The van der Waals surface area contributed by atoms with Crippen molar-refractivity contribution in [1.29, 1.82) is 0 Å². The average Bonchev–Trinajstić information content (AvgIpc) is 3.27. The molecule has 8 heteroatoms. The summed E-state index contributed by atoms with van der Waals surface area (Å²) in [6.45, 7) is 3.47. The number of para-hydroxylation sites is 1. The first kappa shape index (κ1) is 24.9. The van der Waals surface area contributed by atoms with Gasteiger partial charge in [0.2, 0.25) is 5.88 Å². The lowest BCUT2D eigenvalue weighted by atomic mass is 9.95. The van der Waals surface area contributed by atoms with Gasteiger partial charge in [-0.2, -0.15) is 4.98 Å². The number of aromatic nitrogens is 3. The van der Waals surface area contributed by atoms with Gasteiger partial charge in [-0.15, -0.1) is 0 Å². The van der Waals surface area contributed by atoms with Gasteiger partial charge in [-0.25, -0.2) is 0 Å². The Morgan fingerprint density at radius 2 is 1.94 bits per heavy atom. The molecule has 36 heavy (non-hydrogen) atoms. The molecule has 0 radical (unpaired) electrons. The number of hydrogen-bond donors (Lipinski definition) is 3. The fourth-order valence-electron chi connectivity index (χ4n) is 4.95. The lowest BCUT2D eigenvalue weighted by Gasteiger charge is -2.25. The van der Waals surface area contributed by atoms with Crippen LogP contribution < -0.4 is 10.9 Å². The van der Waals surface area contributed by atoms with Gasteiger partial charge in [0.15, 0.2) is 5.16 Å². The number of aromatic amines is 1. The van der Waals surface area contributed by atoms with Crippen LogP contribution in [0.15, 0.2) is 58.5 Å². The maximum atomic E-state index is 13.9. The van der Waals surface area contributed by atoms with Crippen LogP contribution in [0.2, 0.25) is 5.02 Å². The monoisotopic (exact) mass is 522 g/mol. The molecule has 2 aromatic carbocycles. The van der Waals surface area contributed by atoms with Crippen molar-refractivity contribution in [2.45, 2.75) is 62.5 Å². The van der Waals surface area contributed by atoms with Crippen LogP contribution in [0.5, 0.6) is 5.88 Å². The molecule has 1 unspecified atom stereocenters. The first-order valence-electron chi connectivity index (χ1n) is 12.6. The molecular formula is C28H31ClN4O2S. The molecule has 0 bridgehead atoms. The largest absolute Gasteiger partial charge is 0.493 e. The molecule has 2 aromatic heterocycles. The highest BCUT2D eigenvalue weighted by Crippen LogP contribution is 2.35. The van der Waals surface area contributed by atoms with Gasteiger partial charge in [-0.1, -0.05) is 79.9 Å². The average molecular weight is 523 g/mol. The van der Waals surface area contributed by atoms with Crippen LogP contribution in [-0.4, -0.2) is 26.2 Å².